The summed E-state index contributed by atoms with van der Waals surface area (Å²) in [4.78, 5) is 199. The zero-order valence-electron chi connectivity index (χ0n) is 86.8. The SMILES string of the molecule is CCC(=O)CCCC(=O)c1csc(C)c1.CNC(=O)CCC(=O)c1csc(C)c1.Cc1cc(C(=O)CCC(N)=O)cs1.Cc1cc(C(=O)CCCC(N)=O)cs1.Cc1cc(C)c(C(=O)NOCC(C)(C)O)s1.Cc1cc(Cl)c(C(=O)NOCC(C)(C)O)s1.Cc1cc(Cl)c(C(=O)NOCC(C)O)s1.Cc1cc(Cl)c(C(=O)NOC[C@@H](C)O)s1.Cc1cc(Cl)c(C(=O)NOC[C@H](C)O)s1.Cc1cc(F)c(C(=O)NOCC(C)(C)O)s1. The number of ketones is 5. The van der Waals surface area contributed by atoms with E-state index < -0.39 is 76.4 Å². The lowest BCUT2D eigenvalue weighted by Gasteiger charge is -2.16. The molecule has 17 N–H and O–H groups in total. The van der Waals surface area contributed by atoms with E-state index in [0.717, 1.165) is 77.5 Å². The third-order valence-corrected chi connectivity index (χ3v) is 28.8. The van der Waals surface area contributed by atoms with Crippen LogP contribution in [0.5, 0.6) is 0 Å². The molecule has 0 aliphatic carbocycles. The molecule has 50 heteroatoms. The van der Waals surface area contributed by atoms with Crippen LogP contribution in [0, 0.1) is 82.0 Å². The molecular weight excluding hydrogens is 2210 g/mol. The van der Waals surface area contributed by atoms with Gasteiger partial charge in [0.15, 0.2) is 23.1 Å². The summed E-state index contributed by atoms with van der Waals surface area (Å²) in [5, 5.41) is 66.3. The number of Topliss-reactive ketones (excluding diaryl/α,β-unsaturated/α-hetero) is 5. The monoisotopic (exact) mass is 2340 g/mol. The van der Waals surface area contributed by atoms with Crippen molar-refractivity contribution < 1.29 is 131 Å². The van der Waals surface area contributed by atoms with Crippen LogP contribution in [0.1, 0.15) is 294 Å². The topological polar surface area (TPSA) is 552 Å². The van der Waals surface area contributed by atoms with Crippen LogP contribution in [-0.2, 0) is 48.2 Å². The van der Waals surface area contributed by atoms with E-state index in [-0.39, 0.29) is 123 Å². The highest BCUT2D eigenvalue weighted by Crippen LogP contribution is 2.31. The van der Waals surface area contributed by atoms with E-state index in [1.54, 1.807) is 126 Å². The number of aryl methyl sites for hydroxylation is 11. The Balaban J connectivity index is 0.000000828. The lowest BCUT2D eigenvalue weighted by molar-refractivity contribution is -0.121. The van der Waals surface area contributed by atoms with Crippen molar-refractivity contribution in [2.45, 2.75) is 251 Å². The largest absolute Gasteiger partial charge is 0.391 e. The minimum Gasteiger partial charge on any atom is -0.391 e. The minimum absolute atomic E-state index is 0.0110. The second-order valence-electron chi connectivity index (χ2n) is 34.6. The summed E-state index contributed by atoms with van der Waals surface area (Å²) in [6.07, 6.45) is 2.55. The Morgan fingerprint density at radius 1 is 0.342 bits per heavy atom. The van der Waals surface area contributed by atoms with Crippen molar-refractivity contribution in [1.29, 1.82) is 0 Å². The van der Waals surface area contributed by atoms with Crippen LogP contribution in [-0.4, -0.2) is 195 Å². The number of thiophene rings is 10. The summed E-state index contributed by atoms with van der Waals surface area (Å²) in [5.41, 5.74) is 24.1. The van der Waals surface area contributed by atoms with Crippen LogP contribution in [0.3, 0.4) is 0 Å². The predicted molar refractivity (Wildman–Crippen MR) is 591 cm³/mol. The first-order valence-electron chi connectivity index (χ1n) is 45.6. The van der Waals surface area contributed by atoms with Crippen molar-refractivity contribution in [3.8, 4) is 0 Å². The van der Waals surface area contributed by atoms with E-state index in [2.05, 4.69) is 38.2 Å². The quantitative estimate of drug-likeness (QED) is 0.0125. The highest BCUT2D eigenvalue weighted by Gasteiger charge is 2.24. The summed E-state index contributed by atoms with van der Waals surface area (Å²) < 4.78 is 13.2. The molecular formula is C99H134Cl4FN9O26S10. The summed E-state index contributed by atoms with van der Waals surface area (Å²) in [6, 6.07) is 17.6. The molecule has 1 unspecified atom stereocenters. The second kappa shape index (κ2) is 72.0. The smallest absolute Gasteiger partial charge is 0.287 e. The average Bonchev–Trinajstić information content (AvgIpc) is 1.75. The molecule has 0 spiro atoms. The van der Waals surface area contributed by atoms with Crippen molar-refractivity contribution in [1.82, 2.24) is 38.2 Å². The predicted octanol–water partition coefficient (Wildman–Crippen LogP) is 19.4. The maximum Gasteiger partial charge on any atom is 0.287 e. The van der Waals surface area contributed by atoms with Crippen molar-refractivity contribution in [2.75, 3.05) is 46.7 Å². The molecule has 3 atom stereocenters. The van der Waals surface area contributed by atoms with Gasteiger partial charge in [0.05, 0.1) is 60.1 Å². The molecule has 0 radical (unpaired) electrons. The molecule has 0 saturated heterocycles. The fourth-order valence-electron chi connectivity index (χ4n) is 10.4. The number of halogens is 5. The molecule has 0 fully saturated rings. The average molecular weight is 2350 g/mol. The van der Waals surface area contributed by atoms with Crippen LogP contribution in [0.25, 0.3) is 0 Å². The van der Waals surface area contributed by atoms with Crippen LogP contribution >= 0.6 is 160 Å². The fourth-order valence-corrected chi connectivity index (χ4v) is 19.8. The first-order chi connectivity index (χ1) is 69.3. The van der Waals surface area contributed by atoms with E-state index in [1.807, 2.05) is 123 Å². The van der Waals surface area contributed by atoms with Gasteiger partial charge in [-0.05, 0) is 218 Å². The van der Waals surface area contributed by atoms with Crippen LogP contribution in [0.4, 0.5) is 4.39 Å². The van der Waals surface area contributed by atoms with Gasteiger partial charge in [-0.15, -0.1) is 113 Å². The van der Waals surface area contributed by atoms with Crippen LogP contribution in [0.15, 0.2) is 82.2 Å². The summed E-state index contributed by atoms with van der Waals surface area (Å²) >= 11 is 37.2. The molecule has 826 valence electrons. The van der Waals surface area contributed by atoms with Crippen LogP contribution < -0.4 is 49.7 Å². The van der Waals surface area contributed by atoms with Gasteiger partial charge in [0, 0.05) is 157 Å². The van der Waals surface area contributed by atoms with Gasteiger partial charge in [-0.3, -0.25) is 96.1 Å². The van der Waals surface area contributed by atoms with Gasteiger partial charge in [0.1, 0.15) is 75.6 Å². The number of hydroxylamine groups is 6. The Morgan fingerprint density at radius 3 is 0.819 bits per heavy atom. The van der Waals surface area contributed by atoms with Gasteiger partial charge >= 0.3 is 0 Å². The zero-order chi connectivity index (χ0) is 114. The standard InChI is InChI=1S/C12H16O2S.C11H17NO3S.C10H14ClNO3S.C10H14FNO3S.2C10H13NO2S.3C9H12ClNO3S.C9H11NO2S/c1-3-11(13)5-4-6-12(14)10-7-9(2)15-8-10;1-7-5-8(2)16-9(7)10(13)12-15-6-11(3,4)14;2*1-6-4-7(11)8(16-6)9(13)12-15-5-10(2,3)14;1-7-5-8(6-14-7)9(12)3-4-10(13)11-2;1-7-5-8(6-14-7)9(12)3-2-4-10(11)13;3*1-5(12)4-14-11-9(13)8-7(10)3-6(2)15-8;1-6-4-7(5-13-6)8(11)2-3-9(10)12/h7-8H,3-6H2,1-2H3;5,14H,6H2,1-4H3,(H,12,13);2*4,14H,5H2,1-3H3,(H,12,13);5-6H,3-4H2,1-2H3,(H,11,13);5-6H,2-4H2,1H3,(H2,11,13);3*3,5,12H,4H2,1-2H3,(H,11,13);4-5H,2-3H2,1H3,(H2,10,12)/t;;;;;;2*5-;;/m......10../s1. The zero-order valence-corrected chi connectivity index (χ0v) is 98.0. The molecule has 9 amide bonds. The highest BCUT2D eigenvalue weighted by molar-refractivity contribution is 7.16. The van der Waals surface area contributed by atoms with Gasteiger partial charge in [-0.25, -0.2) is 37.3 Å². The first kappa shape index (κ1) is 138. The Morgan fingerprint density at radius 2 is 0.591 bits per heavy atom. The highest BCUT2D eigenvalue weighted by atomic mass is 35.5. The maximum atomic E-state index is 13.2. The Bertz CT molecular complexity index is 5570. The molecule has 10 rings (SSSR count). The molecule has 10 aromatic heterocycles. The number of carbonyl (C=O) groups is 14. The van der Waals surface area contributed by atoms with Gasteiger partial charge in [0.2, 0.25) is 17.7 Å². The number of hydrogen-bond acceptors (Lipinski definition) is 36. The molecule has 149 heavy (non-hydrogen) atoms. The number of aliphatic hydroxyl groups excluding tert-OH is 3. The second-order valence-corrected chi connectivity index (χ2v) is 48.2. The van der Waals surface area contributed by atoms with Gasteiger partial charge in [0.25, 0.3) is 35.4 Å². The lowest BCUT2D eigenvalue weighted by Crippen LogP contribution is -2.33. The Labute approximate surface area is 926 Å². The number of nitrogens with two attached hydrogens (primary N) is 2. The summed E-state index contributed by atoms with van der Waals surface area (Å²) in [7, 11) is 1.57. The van der Waals surface area contributed by atoms with Crippen molar-refractivity contribution >= 4 is 242 Å². The maximum absolute atomic E-state index is 13.2. The van der Waals surface area contributed by atoms with E-state index in [4.69, 9.17) is 102 Å². The van der Waals surface area contributed by atoms with Crippen molar-refractivity contribution in [2.24, 2.45) is 11.5 Å². The van der Waals surface area contributed by atoms with Crippen molar-refractivity contribution in [3.05, 3.63) is 214 Å². The summed E-state index contributed by atoms with van der Waals surface area (Å²) in [6.45, 7) is 37.0. The third-order valence-electron chi connectivity index (χ3n) is 17.3. The van der Waals surface area contributed by atoms with Gasteiger partial charge in [-0.2, -0.15) is 0 Å². The molecule has 0 bridgehead atoms. The Hall–Kier alpha value is -8.81. The Kier molecular flexibility index (Phi) is 66.7. The van der Waals surface area contributed by atoms with Gasteiger partial charge in [-0.1, -0.05) is 53.3 Å². The van der Waals surface area contributed by atoms with E-state index >= 15 is 0 Å². The molecule has 0 aliphatic heterocycles. The molecule has 10 aromatic rings. The van der Waals surface area contributed by atoms with Crippen molar-refractivity contribution in [3.63, 3.8) is 0 Å². The van der Waals surface area contributed by atoms with Gasteiger partial charge < -0.3 is 47.4 Å². The lowest BCUT2D eigenvalue weighted by atomic mass is 10.1. The fraction of sp³-hybridized carbons (Fsp3) is 0.455. The number of nitrogens with one attached hydrogen (secondary N) is 7. The molecule has 0 aromatic carbocycles. The molecule has 0 saturated carbocycles. The third kappa shape index (κ3) is 62.8. The number of primary amides is 2. The number of carbonyl (C=O) groups excluding carboxylic acids is 14. The van der Waals surface area contributed by atoms with E-state index in [9.17, 15) is 86.8 Å². The number of amides is 9. The van der Waals surface area contributed by atoms with Crippen LogP contribution in [0.2, 0.25) is 20.1 Å². The van der Waals surface area contributed by atoms with E-state index in [0.29, 0.717) is 93.4 Å². The number of aliphatic hydroxyl groups is 6. The normalized spacial score (nSPS) is 11.3. The number of rotatable bonds is 43. The summed E-state index contributed by atoms with van der Waals surface area (Å²) in [5.74, 6) is -3.38. The first-order valence-corrected chi connectivity index (χ1v) is 55.5. The molecule has 10 heterocycles. The van der Waals surface area contributed by atoms with E-state index in [1.165, 1.54) is 87.9 Å². The number of hydrogen-bond donors (Lipinski definition) is 15. The molecule has 35 nitrogen and oxygen atoms in total. The molecule has 0 aliphatic rings. The minimum atomic E-state index is -1.04.